The van der Waals surface area contributed by atoms with Crippen LogP contribution in [0.4, 0.5) is 4.39 Å². The van der Waals surface area contributed by atoms with Crippen LogP contribution in [0.5, 0.6) is 0 Å². The molecule has 0 heterocycles. The molecule has 0 bridgehead atoms. The third-order valence-electron chi connectivity index (χ3n) is 9.22. The molecule has 2 aliphatic carbocycles. The van der Waals surface area contributed by atoms with E-state index in [0.29, 0.717) is 30.0 Å². The molecule has 1 amide bonds. The molecule has 4 atom stereocenters. The van der Waals surface area contributed by atoms with Crippen molar-refractivity contribution in [1.82, 2.24) is 10.6 Å². The van der Waals surface area contributed by atoms with Crippen molar-refractivity contribution in [2.45, 2.75) is 84.3 Å². The fraction of sp³-hybridized carbons (Fsp3) is 0.531. The van der Waals surface area contributed by atoms with Crippen molar-refractivity contribution < 1.29 is 28.0 Å². The molecule has 0 saturated heterocycles. The highest BCUT2D eigenvalue weighted by atomic mass is 32.1. The molecule has 234 valence electrons. The van der Waals surface area contributed by atoms with Crippen LogP contribution >= 0.6 is 19.8 Å². The average molecular weight is 632 g/mol. The van der Waals surface area contributed by atoms with E-state index in [2.05, 4.69) is 54.8 Å². The van der Waals surface area contributed by atoms with Gasteiger partial charge in [0.25, 0.3) is 0 Å². The number of rotatable bonds is 9. The molecule has 3 N–H and O–H groups in total. The molecule has 2 aliphatic rings. The molecular weight excluding hydrogens is 588 g/mol. The lowest BCUT2D eigenvalue weighted by Crippen LogP contribution is -2.58. The van der Waals surface area contributed by atoms with Crippen molar-refractivity contribution >= 4 is 36.5 Å². The summed E-state index contributed by atoms with van der Waals surface area (Å²) in [6.45, 7) is 12.0. The van der Waals surface area contributed by atoms with Crippen LogP contribution in [0.3, 0.4) is 0 Å². The van der Waals surface area contributed by atoms with Gasteiger partial charge in [-0.25, -0.2) is 4.39 Å². The Morgan fingerprint density at radius 1 is 1.12 bits per heavy atom. The molecule has 8 nitrogen and oxygen atoms in total. The van der Waals surface area contributed by atoms with Crippen LogP contribution in [0.2, 0.25) is 0 Å². The van der Waals surface area contributed by atoms with Gasteiger partial charge in [0.05, 0.1) is 24.3 Å². The molecule has 4 rings (SSSR count). The number of carbonyl (C=O) groups excluding carboxylic acids is 1. The fourth-order valence-electron chi connectivity index (χ4n) is 6.92. The molecule has 2 aromatic rings. The van der Waals surface area contributed by atoms with Crippen molar-refractivity contribution in [2.75, 3.05) is 13.2 Å². The van der Waals surface area contributed by atoms with E-state index in [1.807, 2.05) is 6.92 Å². The Balaban J connectivity index is 1.63. The van der Waals surface area contributed by atoms with Gasteiger partial charge in [-0.15, -0.1) is 0 Å². The quantitative estimate of drug-likeness (QED) is 0.113. The van der Waals surface area contributed by atoms with Gasteiger partial charge in [0, 0.05) is 5.56 Å². The maximum Gasteiger partial charge on any atom is 0.357 e. The van der Waals surface area contributed by atoms with Crippen molar-refractivity contribution in [1.29, 1.82) is 0 Å². The minimum absolute atomic E-state index is 0.0405. The SMILES string of the molecule is CCOP(=O)(OCC)C(NC(=S)NC(=O)[C@]1(C)CCC[C@]2(C)c3ccc(C(C)C)cc3/C(=N\O)CC12)c1ccc(F)cc1. The van der Waals surface area contributed by atoms with E-state index in [-0.39, 0.29) is 35.6 Å². The monoisotopic (exact) mass is 631 g/mol. The van der Waals surface area contributed by atoms with Gasteiger partial charge in [-0.3, -0.25) is 9.36 Å². The number of halogens is 1. The van der Waals surface area contributed by atoms with Gasteiger partial charge in [-0.2, -0.15) is 0 Å². The first kappa shape index (κ1) is 33.2. The summed E-state index contributed by atoms with van der Waals surface area (Å²) < 4.78 is 38.8. The molecule has 0 spiro atoms. The lowest BCUT2D eigenvalue weighted by molar-refractivity contribution is -0.136. The van der Waals surface area contributed by atoms with Gasteiger partial charge in [0.15, 0.2) is 10.9 Å². The Morgan fingerprint density at radius 3 is 2.33 bits per heavy atom. The topological polar surface area (TPSA) is 109 Å². The summed E-state index contributed by atoms with van der Waals surface area (Å²) in [5, 5.41) is 19.6. The second kappa shape index (κ2) is 13.1. The first-order chi connectivity index (χ1) is 20.3. The van der Waals surface area contributed by atoms with Gasteiger partial charge in [0.2, 0.25) is 5.91 Å². The van der Waals surface area contributed by atoms with Gasteiger partial charge >= 0.3 is 7.60 Å². The molecule has 43 heavy (non-hydrogen) atoms. The van der Waals surface area contributed by atoms with E-state index in [1.165, 1.54) is 29.8 Å². The van der Waals surface area contributed by atoms with Crippen molar-refractivity contribution in [3.8, 4) is 0 Å². The van der Waals surface area contributed by atoms with E-state index in [0.717, 1.165) is 24.0 Å². The van der Waals surface area contributed by atoms with E-state index in [1.54, 1.807) is 13.8 Å². The molecule has 0 aromatic heterocycles. The number of oxime groups is 1. The van der Waals surface area contributed by atoms with Crippen LogP contribution in [0.25, 0.3) is 0 Å². The van der Waals surface area contributed by atoms with Gasteiger partial charge in [0.1, 0.15) is 5.82 Å². The van der Waals surface area contributed by atoms with Crippen LogP contribution in [-0.2, 0) is 23.8 Å². The zero-order valence-electron chi connectivity index (χ0n) is 25.8. The maximum absolute atomic E-state index is 14.1. The number of hydrogen-bond acceptors (Lipinski definition) is 7. The summed E-state index contributed by atoms with van der Waals surface area (Å²) in [6, 6.07) is 11.8. The summed E-state index contributed by atoms with van der Waals surface area (Å²) >= 11 is 5.60. The number of benzene rings is 2. The number of nitrogens with one attached hydrogen (secondary N) is 2. The second-order valence-electron chi connectivity index (χ2n) is 12.2. The number of carbonyl (C=O) groups is 1. The van der Waals surface area contributed by atoms with Crippen molar-refractivity contribution in [3.05, 3.63) is 70.5 Å². The number of hydrogen-bond donors (Lipinski definition) is 3. The summed E-state index contributed by atoms with van der Waals surface area (Å²) in [5.41, 5.74) is 3.04. The summed E-state index contributed by atoms with van der Waals surface area (Å²) in [6.07, 6.45) is 2.79. The highest BCUT2D eigenvalue weighted by molar-refractivity contribution is 7.80. The predicted octanol–water partition coefficient (Wildman–Crippen LogP) is 7.55. The van der Waals surface area contributed by atoms with Gasteiger partial charge in [-0.1, -0.05) is 63.5 Å². The Kier molecular flexibility index (Phi) is 10.2. The highest BCUT2D eigenvalue weighted by Crippen LogP contribution is 2.60. The van der Waals surface area contributed by atoms with E-state index in [9.17, 15) is 19.0 Å². The molecule has 0 radical (unpaired) electrons. The molecule has 1 saturated carbocycles. The van der Waals surface area contributed by atoms with Crippen LogP contribution in [0.1, 0.15) is 101 Å². The van der Waals surface area contributed by atoms with E-state index in [4.69, 9.17) is 21.3 Å². The van der Waals surface area contributed by atoms with Crippen LogP contribution in [0.15, 0.2) is 47.6 Å². The average Bonchev–Trinajstić information content (AvgIpc) is 2.96. The summed E-state index contributed by atoms with van der Waals surface area (Å²) in [7, 11) is -3.82. The van der Waals surface area contributed by atoms with E-state index < -0.39 is 24.6 Å². The lowest BCUT2D eigenvalue weighted by Gasteiger charge is -2.54. The van der Waals surface area contributed by atoms with Crippen molar-refractivity contribution in [2.24, 2.45) is 16.5 Å². The Labute approximate surface area is 259 Å². The Morgan fingerprint density at radius 2 is 1.74 bits per heavy atom. The maximum atomic E-state index is 14.1. The fourth-order valence-corrected chi connectivity index (χ4v) is 9.13. The first-order valence-electron chi connectivity index (χ1n) is 14.9. The zero-order chi connectivity index (χ0) is 31.6. The zero-order valence-corrected chi connectivity index (χ0v) is 27.5. The summed E-state index contributed by atoms with van der Waals surface area (Å²) in [5.74, 6) is -1.64. The van der Waals surface area contributed by atoms with Crippen LogP contribution in [-0.4, -0.2) is 35.2 Å². The lowest BCUT2D eigenvalue weighted by atomic mass is 9.49. The molecule has 1 fully saturated rings. The smallest absolute Gasteiger partial charge is 0.357 e. The normalized spacial score (nSPS) is 25.1. The molecule has 11 heteroatoms. The second-order valence-corrected chi connectivity index (χ2v) is 14.7. The largest absolute Gasteiger partial charge is 0.411 e. The Hall–Kier alpha value is -2.65. The van der Waals surface area contributed by atoms with Gasteiger partial charge in [-0.05, 0) is 97.5 Å². The summed E-state index contributed by atoms with van der Waals surface area (Å²) in [4.78, 5) is 14.1. The van der Waals surface area contributed by atoms with Crippen molar-refractivity contribution in [3.63, 3.8) is 0 Å². The van der Waals surface area contributed by atoms with E-state index >= 15 is 0 Å². The standard InChI is InChI=1S/C32H43FN3O5PS/c1-7-40-42(39,41-8-2)28(21-10-13-23(33)14-11-21)34-30(43)35-29(37)32(6)17-9-16-31(5)25-15-12-22(20(3)4)18-24(25)26(36-38)19-27(31)32/h10-15,18,20,27-28,38H,7-9,16-17,19H2,1-6H3,(H2,34,35,37,43)/b36-26-/t27?,28?,31-,32-/m1/s1. The number of amides is 1. The van der Waals surface area contributed by atoms with Gasteiger partial charge < -0.3 is 24.9 Å². The molecule has 0 aliphatic heterocycles. The third kappa shape index (κ3) is 6.44. The van der Waals surface area contributed by atoms with Crippen LogP contribution < -0.4 is 10.6 Å². The highest BCUT2D eigenvalue weighted by Gasteiger charge is 2.56. The number of fused-ring (bicyclic) bond motifs is 3. The first-order valence-corrected chi connectivity index (χ1v) is 17.0. The minimum Gasteiger partial charge on any atom is -0.411 e. The predicted molar refractivity (Wildman–Crippen MR) is 170 cm³/mol. The number of thiocarbonyl (C=S) groups is 1. The third-order valence-corrected chi connectivity index (χ3v) is 11.7. The molecule has 2 unspecified atom stereocenters. The Bertz CT molecular complexity index is 1420. The molecular formula is C32H43FN3O5PS. The molecule has 2 aromatic carbocycles. The van der Waals surface area contributed by atoms with Crippen LogP contribution in [0, 0.1) is 17.2 Å². The minimum atomic E-state index is -3.82. The number of nitrogens with zero attached hydrogens (tertiary/aromatic N) is 1.